The van der Waals surface area contributed by atoms with Gasteiger partial charge in [0.1, 0.15) is 0 Å². The van der Waals surface area contributed by atoms with E-state index in [0.717, 1.165) is 58.7 Å². The molecule has 0 saturated heterocycles. The molecule has 0 spiro atoms. The number of benzene rings is 2. The molecule has 1 amide bonds. The third-order valence-electron chi connectivity index (χ3n) is 5.20. The van der Waals surface area contributed by atoms with E-state index in [1.54, 1.807) is 12.4 Å². The predicted molar refractivity (Wildman–Crippen MR) is 140 cm³/mol. The number of nitrogens with two attached hydrogens (primary N) is 1. The maximum absolute atomic E-state index is 11.5. The van der Waals surface area contributed by atoms with Gasteiger partial charge in [-0.15, -0.1) is 12.4 Å². The topological polar surface area (TPSA) is 106 Å². The number of nitrogens with one attached hydrogen (secondary N) is 2. The summed E-state index contributed by atoms with van der Waals surface area (Å²) in [5.74, 6) is 0.444. The van der Waals surface area contributed by atoms with Crippen LogP contribution in [-0.4, -0.2) is 27.4 Å². The fourth-order valence-corrected chi connectivity index (χ4v) is 3.62. The Morgan fingerprint density at radius 1 is 1.00 bits per heavy atom. The van der Waals surface area contributed by atoms with Gasteiger partial charge in [0.05, 0.1) is 5.69 Å². The first-order valence-electron chi connectivity index (χ1n) is 10.8. The van der Waals surface area contributed by atoms with Crippen LogP contribution >= 0.6 is 12.4 Å². The lowest BCUT2D eigenvalue weighted by Crippen LogP contribution is -2.08. The van der Waals surface area contributed by atoms with Crippen molar-refractivity contribution in [3.05, 3.63) is 84.8 Å². The highest BCUT2D eigenvalue weighted by atomic mass is 35.5. The van der Waals surface area contributed by atoms with Crippen molar-refractivity contribution in [1.29, 1.82) is 0 Å². The second kappa shape index (κ2) is 11.8. The lowest BCUT2D eigenvalue weighted by Gasteiger charge is -2.13. The number of rotatable bonds is 8. The van der Waals surface area contributed by atoms with Crippen molar-refractivity contribution in [3.8, 4) is 22.4 Å². The molecule has 8 heteroatoms. The lowest BCUT2D eigenvalue weighted by atomic mass is 10.0. The number of carbonyl (C=O) groups is 1. The molecular formula is C26H27ClN6O. The van der Waals surface area contributed by atoms with Gasteiger partial charge in [0.25, 0.3) is 0 Å². The van der Waals surface area contributed by atoms with Crippen molar-refractivity contribution in [2.45, 2.75) is 19.8 Å². The number of pyridine rings is 1. The summed E-state index contributed by atoms with van der Waals surface area (Å²) < 4.78 is 0. The number of carbonyl (C=O) groups excluding carboxylic acids is 1. The van der Waals surface area contributed by atoms with Crippen LogP contribution in [0.25, 0.3) is 22.4 Å². The van der Waals surface area contributed by atoms with E-state index in [1.807, 2.05) is 60.8 Å². The number of halogens is 1. The Morgan fingerprint density at radius 2 is 1.79 bits per heavy atom. The zero-order valence-corrected chi connectivity index (χ0v) is 19.7. The van der Waals surface area contributed by atoms with Gasteiger partial charge >= 0.3 is 0 Å². The summed E-state index contributed by atoms with van der Waals surface area (Å²) in [6, 6.07) is 19.4. The van der Waals surface area contributed by atoms with Gasteiger partial charge in [0, 0.05) is 54.6 Å². The van der Waals surface area contributed by atoms with Gasteiger partial charge in [-0.25, -0.2) is 9.97 Å². The van der Waals surface area contributed by atoms with E-state index < -0.39 is 0 Å². The minimum absolute atomic E-state index is 0. The summed E-state index contributed by atoms with van der Waals surface area (Å²) in [6.07, 6.45) is 7.08. The number of aromatic nitrogens is 3. The van der Waals surface area contributed by atoms with Gasteiger partial charge in [-0.3, -0.25) is 9.78 Å². The van der Waals surface area contributed by atoms with Crippen molar-refractivity contribution in [3.63, 3.8) is 0 Å². The highest BCUT2D eigenvalue weighted by Crippen LogP contribution is 2.32. The smallest absolute Gasteiger partial charge is 0.223 e. The van der Waals surface area contributed by atoms with Crippen LogP contribution in [0.4, 0.5) is 17.3 Å². The van der Waals surface area contributed by atoms with E-state index >= 15 is 0 Å². The van der Waals surface area contributed by atoms with E-state index in [0.29, 0.717) is 5.95 Å². The number of nitrogen functional groups attached to an aromatic ring is 1. The molecule has 0 atom stereocenters. The molecule has 174 valence electrons. The lowest BCUT2D eigenvalue weighted by molar-refractivity contribution is -0.114. The molecule has 4 N–H and O–H groups in total. The molecule has 2 heterocycles. The molecule has 4 aromatic rings. The number of anilines is 3. The number of para-hydroxylation sites is 1. The van der Waals surface area contributed by atoms with Crippen molar-refractivity contribution < 1.29 is 4.79 Å². The first-order valence-corrected chi connectivity index (χ1v) is 10.8. The molecule has 34 heavy (non-hydrogen) atoms. The van der Waals surface area contributed by atoms with Crippen LogP contribution in [-0.2, 0) is 11.2 Å². The number of aryl methyl sites for hydroxylation is 1. The average molecular weight is 475 g/mol. The molecule has 0 aliphatic rings. The monoisotopic (exact) mass is 474 g/mol. The van der Waals surface area contributed by atoms with E-state index in [4.69, 9.17) is 10.7 Å². The molecule has 2 aromatic carbocycles. The number of nitrogens with zero attached hydrogens (tertiary/aromatic N) is 3. The summed E-state index contributed by atoms with van der Waals surface area (Å²) in [5.41, 5.74) is 12.2. The van der Waals surface area contributed by atoms with Crippen LogP contribution in [0.15, 0.2) is 79.3 Å². The molecule has 0 aliphatic carbocycles. The summed E-state index contributed by atoms with van der Waals surface area (Å²) in [6.45, 7) is 2.21. The Hall–Kier alpha value is -3.97. The minimum Gasteiger partial charge on any atom is -0.399 e. The number of hydrogen-bond acceptors (Lipinski definition) is 6. The molecule has 2 aromatic heterocycles. The van der Waals surface area contributed by atoms with Crippen molar-refractivity contribution in [1.82, 2.24) is 15.0 Å². The quantitative estimate of drug-likeness (QED) is 0.239. The fourth-order valence-electron chi connectivity index (χ4n) is 3.62. The normalized spacial score (nSPS) is 10.3. The van der Waals surface area contributed by atoms with Crippen LogP contribution in [0.5, 0.6) is 0 Å². The van der Waals surface area contributed by atoms with Crippen LogP contribution in [0.3, 0.4) is 0 Å². The van der Waals surface area contributed by atoms with Gasteiger partial charge in [-0.05, 0) is 54.3 Å². The van der Waals surface area contributed by atoms with E-state index in [9.17, 15) is 4.79 Å². The zero-order chi connectivity index (χ0) is 23.0. The standard InChI is InChI=1S/C26H26N6O.ClH/c1-18(33)31-22-9-4-7-21(16-22)23-17-30-26(32-25(23)20-11-14-28-15-12-20)29-13-5-8-19-6-2-3-10-24(19)27;/h2-4,6-7,9-12,14-17H,5,8,13,27H2,1H3,(H,31,33)(H,29,30,32);1H. The van der Waals surface area contributed by atoms with Crippen LogP contribution in [0, 0.1) is 0 Å². The Morgan fingerprint density at radius 3 is 2.56 bits per heavy atom. The largest absolute Gasteiger partial charge is 0.399 e. The minimum atomic E-state index is -0.116. The van der Waals surface area contributed by atoms with E-state index in [1.165, 1.54) is 6.92 Å². The highest BCUT2D eigenvalue weighted by molar-refractivity contribution is 5.90. The van der Waals surface area contributed by atoms with Gasteiger partial charge in [0.15, 0.2) is 0 Å². The third kappa shape index (κ3) is 6.30. The Labute approximate surface area is 205 Å². The number of hydrogen-bond donors (Lipinski definition) is 3. The number of amides is 1. The van der Waals surface area contributed by atoms with Crippen LogP contribution < -0.4 is 16.4 Å². The van der Waals surface area contributed by atoms with Crippen LogP contribution in [0.2, 0.25) is 0 Å². The van der Waals surface area contributed by atoms with Crippen molar-refractivity contribution in [2.75, 3.05) is 22.9 Å². The molecule has 4 rings (SSSR count). The highest BCUT2D eigenvalue weighted by Gasteiger charge is 2.12. The molecule has 0 fully saturated rings. The van der Waals surface area contributed by atoms with Crippen molar-refractivity contribution >= 4 is 35.6 Å². The van der Waals surface area contributed by atoms with Gasteiger partial charge < -0.3 is 16.4 Å². The van der Waals surface area contributed by atoms with Crippen molar-refractivity contribution in [2.24, 2.45) is 0 Å². The molecule has 7 nitrogen and oxygen atoms in total. The first-order chi connectivity index (χ1) is 16.1. The van der Waals surface area contributed by atoms with Gasteiger partial charge in [-0.2, -0.15) is 0 Å². The van der Waals surface area contributed by atoms with Crippen LogP contribution in [0.1, 0.15) is 18.9 Å². The Bertz CT molecular complexity index is 1250. The second-order valence-electron chi connectivity index (χ2n) is 7.68. The Kier molecular flexibility index (Phi) is 8.54. The maximum atomic E-state index is 11.5. The molecule has 0 saturated carbocycles. The maximum Gasteiger partial charge on any atom is 0.223 e. The third-order valence-corrected chi connectivity index (χ3v) is 5.20. The second-order valence-corrected chi connectivity index (χ2v) is 7.68. The predicted octanol–water partition coefficient (Wildman–Crippen LogP) is 5.21. The first kappa shape index (κ1) is 24.7. The summed E-state index contributed by atoms with van der Waals surface area (Å²) in [7, 11) is 0. The summed E-state index contributed by atoms with van der Waals surface area (Å²) >= 11 is 0. The SMILES string of the molecule is CC(=O)Nc1cccc(-c2cnc(NCCCc3ccccc3N)nc2-c2ccncc2)c1.Cl. The van der Waals surface area contributed by atoms with Gasteiger partial charge in [0.2, 0.25) is 11.9 Å². The molecule has 0 radical (unpaired) electrons. The summed E-state index contributed by atoms with van der Waals surface area (Å²) in [4.78, 5) is 24.9. The zero-order valence-electron chi connectivity index (χ0n) is 18.9. The van der Waals surface area contributed by atoms with Gasteiger partial charge in [-0.1, -0.05) is 30.3 Å². The fraction of sp³-hybridized carbons (Fsp3) is 0.154. The Balaban J connectivity index is 0.00000324. The molecule has 0 unspecified atom stereocenters. The molecular weight excluding hydrogens is 448 g/mol. The summed E-state index contributed by atoms with van der Waals surface area (Å²) in [5, 5.41) is 6.15. The van der Waals surface area contributed by atoms with E-state index in [-0.39, 0.29) is 18.3 Å². The molecule has 0 bridgehead atoms. The molecule has 0 aliphatic heterocycles. The average Bonchev–Trinajstić information content (AvgIpc) is 2.83. The van der Waals surface area contributed by atoms with E-state index in [2.05, 4.69) is 26.7 Å².